The Labute approximate surface area is 226 Å². The fraction of sp³-hybridized carbons (Fsp3) is 0.0286. The van der Waals surface area contributed by atoms with Crippen LogP contribution in [0.15, 0.2) is 142 Å². The molecule has 0 fully saturated rings. The molecule has 0 saturated heterocycles. The van der Waals surface area contributed by atoms with Crippen molar-refractivity contribution in [2.24, 2.45) is 20.4 Å². The predicted octanol–water partition coefficient (Wildman–Crippen LogP) is 7.53. The van der Waals surface area contributed by atoms with Gasteiger partial charge < -0.3 is 0 Å². The molecule has 3 aliphatic rings. The van der Waals surface area contributed by atoms with E-state index in [-0.39, 0.29) is 0 Å². The van der Waals surface area contributed by atoms with Gasteiger partial charge in [-0.25, -0.2) is 0 Å². The molecular weight excluding hydrogens is 476 g/mol. The van der Waals surface area contributed by atoms with E-state index in [0.29, 0.717) is 6.42 Å². The van der Waals surface area contributed by atoms with Gasteiger partial charge in [0.25, 0.3) is 0 Å². The molecule has 0 aliphatic heterocycles. The third kappa shape index (κ3) is 3.39. The Hall–Kier alpha value is -5.22. The van der Waals surface area contributed by atoms with Crippen molar-refractivity contribution < 1.29 is 0 Å². The van der Waals surface area contributed by atoms with Crippen molar-refractivity contribution in [3.05, 3.63) is 155 Å². The number of benzene rings is 5. The van der Waals surface area contributed by atoms with Gasteiger partial charge in [-0.2, -0.15) is 10.2 Å². The van der Waals surface area contributed by atoms with Crippen LogP contribution < -0.4 is 0 Å². The van der Waals surface area contributed by atoms with Gasteiger partial charge in [-0.05, 0) is 22.3 Å². The molecule has 0 saturated carbocycles. The Morgan fingerprint density at radius 1 is 0.282 bits per heavy atom. The van der Waals surface area contributed by atoms with Gasteiger partial charge in [-0.3, -0.25) is 0 Å². The first-order chi connectivity index (χ1) is 19.4. The highest BCUT2D eigenvalue weighted by Crippen LogP contribution is 2.38. The van der Waals surface area contributed by atoms with E-state index < -0.39 is 0 Å². The molecule has 4 heteroatoms. The molecular formula is C35H22N4. The van der Waals surface area contributed by atoms with E-state index in [2.05, 4.69) is 109 Å². The van der Waals surface area contributed by atoms with Crippen molar-refractivity contribution in [3.63, 3.8) is 0 Å². The SMILES string of the molecule is c1ccc2c(c1)C(=N/N=C1\C/C(=N\N=C3c4ccccc4-c4ccccc43)c3ccccc31)c1ccccc1-2. The Balaban J connectivity index is 1.21. The molecule has 0 atom stereocenters. The normalized spacial score (nSPS) is 16.1. The first-order valence-electron chi connectivity index (χ1n) is 13.1. The lowest BCUT2D eigenvalue weighted by Crippen LogP contribution is -2.01. The number of nitrogens with zero attached hydrogens (tertiary/aromatic N) is 4. The first kappa shape index (κ1) is 21.8. The average molecular weight is 499 g/mol. The van der Waals surface area contributed by atoms with Gasteiger partial charge >= 0.3 is 0 Å². The van der Waals surface area contributed by atoms with E-state index in [1.54, 1.807) is 0 Å². The monoisotopic (exact) mass is 498 g/mol. The highest BCUT2D eigenvalue weighted by Gasteiger charge is 2.28. The average Bonchev–Trinajstić information content (AvgIpc) is 3.63. The minimum absolute atomic E-state index is 0.583. The van der Waals surface area contributed by atoms with Crippen LogP contribution >= 0.6 is 0 Å². The number of fused-ring (bicyclic) bond motifs is 7. The smallest absolute Gasteiger partial charge is 0.101 e. The summed E-state index contributed by atoms with van der Waals surface area (Å²) in [6, 6.07) is 41.9. The molecule has 5 aromatic carbocycles. The topological polar surface area (TPSA) is 49.4 Å². The van der Waals surface area contributed by atoms with Gasteiger partial charge in [0.2, 0.25) is 0 Å². The molecule has 5 aromatic rings. The zero-order valence-corrected chi connectivity index (χ0v) is 21.0. The summed E-state index contributed by atoms with van der Waals surface area (Å²) >= 11 is 0. The predicted molar refractivity (Wildman–Crippen MR) is 159 cm³/mol. The van der Waals surface area contributed by atoms with E-state index in [1.165, 1.54) is 22.3 Å². The quantitative estimate of drug-likeness (QED) is 0.221. The molecule has 0 N–H and O–H groups in total. The van der Waals surface area contributed by atoms with Gasteiger partial charge in [0.05, 0.1) is 11.4 Å². The van der Waals surface area contributed by atoms with Gasteiger partial charge in [-0.1, -0.05) is 121 Å². The molecule has 4 nitrogen and oxygen atoms in total. The fourth-order valence-electron chi connectivity index (χ4n) is 5.94. The van der Waals surface area contributed by atoms with Crippen LogP contribution in [-0.2, 0) is 0 Å². The van der Waals surface area contributed by atoms with Crippen molar-refractivity contribution >= 4 is 22.8 Å². The summed E-state index contributed by atoms with van der Waals surface area (Å²) in [4.78, 5) is 0. The summed E-state index contributed by atoms with van der Waals surface area (Å²) in [7, 11) is 0. The third-order valence-corrected chi connectivity index (χ3v) is 7.73. The highest BCUT2D eigenvalue weighted by atomic mass is 15.2. The molecule has 3 aliphatic carbocycles. The van der Waals surface area contributed by atoms with Crippen molar-refractivity contribution in [1.29, 1.82) is 0 Å². The maximum Gasteiger partial charge on any atom is 0.101 e. The van der Waals surface area contributed by atoms with Crippen LogP contribution in [0.1, 0.15) is 39.8 Å². The van der Waals surface area contributed by atoms with Crippen molar-refractivity contribution in [3.8, 4) is 22.3 Å². The van der Waals surface area contributed by atoms with Gasteiger partial charge in [0.15, 0.2) is 0 Å². The van der Waals surface area contributed by atoms with Crippen molar-refractivity contribution in [2.45, 2.75) is 6.42 Å². The van der Waals surface area contributed by atoms with Gasteiger partial charge in [0.1, 0.15) is 11.4 Å². The molecule has 0 heterocycles. The van der Waals surface area contributed by atoms with E-state index in [9.17, 15) is 0 Å². The third-order valence-electron chi connectivity index (χ3n) is 7.73. The van der Waals surface area contributed by atoms with E-state index in [1.807, 2.05) is 12.1 Å². The van der Waals surface area contributed by atoms with E-state index in [4.69, 9.17) is 20.4 Å². The van der Waals surface area contributed by atoms with Crippen LogP contribution in [0.2, 0.25) is 0 Å². The molecule has 0 aromatic heterocycles. The van der Waals surface area contributed by atoms with Crippen LogP contribution in [0.4, 0.5) is 0 Å². The molecule has 0 radical (unpaired) electrons. The second kappa shape index (κ2) is 8.67. The van der Waals surface area contributed by atoms with E-state index in [0.717, 1.165) is 56.2 Å². The molecule has 0 amide bonds. The van der Waals surface area contributed by atoms with Crippen LogP contribution in [0, 0.1) is 0 Å². The van der Waals surface area contributed by atoms with Crippen molar-refractivity contribution in [1.82, 2.24) is 0 Å². The lowest BCUT2D eigenvalue weighted by molar-refractivity contribution is 1.20. The Morgan fingerprint density at radius 2 is 0.538 bits per heavy atom. The zero-order valence-electron chi connectivity index (χ0n) is 21.0. The lowest BCUT2D eigenvalue weighted by Gasteiger charge is -2.00. The summed E-state index contributed by atoms with van der Waals surface area (Å²) in [5.41, 5.74) is 15.1. The van der Waals surface area contributed by atoms with Gasteiger partial charge in [-0.15, -0.1) is 10.2 Å². The second-order valence-electron chi connectivity index (χ2n) is 9.90. The maximum absolute atomic E-state index is 4.83. The molecule has 39 heavy (non-hydrogen) atoms. The van der Waals surface area contributed by atoms with Crippen LogP contribution in [0.3, 0.4) is 0 Å². The summed E-state index contributed by atoms with van der Waals surface area (Å²) in [6.07, 6.45) is 0.583. The Bertz CT molecular complexity index is 1710. The standard InChI is InChI=1S/C35H22N4/c1-7-17-28-22(11-1)23-12-2-8-18-29(23)34(28)38-36-32-21-33(27-16-6-5-15-26(27)32)37-39-35-30-19-9-3-13-24(30)25-14-4-10-20-31(25)35/h1-20H,21H2/b36-32+,37-33+. The minimum Gasteiger partial charge on any atom is -0.154 e. The maximum atomic E-state index is 4.83. The molecule has 0 bridgehead atoms. The summed E-state index contributed by atoms with van der Waals surface area (Å²) in [6.45, 7) is 0. The number of hydrogen-bond donors (Lipinski definition) is 0. The van der Waals surface area contributed by atoms with Gasteiger partial charge in [0, 0.05) is 39.8 Å². The second-order valence-corrected chi connectivity index (χ2v) is 9.90. The minimum atomic E-state index is 0.583. The lowest BCUT2D eigenvalue weighted by atomic mass is 10.1. The largest absolute Gasteiger partial charge is 0.154 e. The number of hydrogen-bond acceptors (Lipinski definition) is 4. The molecule has 0 unspecified atom stereocenters. The van der Waals surface area contributed by atoms with Crippen LogP contribution in [0.5, 0.6) is 0 Å². The van der Waals surface area contributed by atoms with Crippen LogP contribution in [0.25, 0.3) is 22.3 Å². The van der Waals surface area contributed by atoms with E-state index >= 15 is 0 Å². The fourth-order valence-corrected chi connectivity index (χ4v) is 5.94. The zero-order chi connectivity index (χ0) is 25.8. The molecule has 182 valence electrons. The molecule has 0 spiro atoms. The Kier molecular flexibility index (Phi) is 4.85. The molecule has 8 rings (SSSR count). The summed E-state index contributed by atoms with van der Waals surface area (Å²) in [5.74, 6) is 0. The number of rotatable bonds is 2. The first-order valence-corrected chi connectivity index (χ1v) is 13.1. The van der Waals surface area contributed by atoms with Crippen LogP contribution in [-0.4, -0.2) is 22.8 Å². The summed E-state index contributed by atoms with van der Waals surface area (Å²) < 4.78 is 0. The summed E-state index contributed by atoms with van der Waals surface area (Å²) in [5, 5.41) is 19.3. The van der Waals surface area contributed by atoms with Crippen molar-refractivity contribution in [2.75, 3.05) is 0 Å². The Morgan fingerprint density at radius 3 is 0.846 bits per heavy atom. The highest BCUT2D eigenvalue weighted by molar-refractivity contribution is 6.29.